The van der Waals surface area contributed by atoms with E-state index in [2.05, 4.69) is 15.1 Å². The van der Waals surface area contributed by atoms with E-state index in [-0.39, 0.29) is 0 Å². The number of pyridine rings is 1. The van der Waals surface area contributed by atoms with Gasteiger partial charge in [-0.15, -0.1) is 0 Å². The lowest BCUT2D eigenvalue weighted by atomic mass is 10.2. The minimum Gasteiger partial charge on any atom is -0.396 e. The first-order chi connectivity index (χ1) is 10.1. The van der Waals surface area contributed by atoms with Crippen LogP contribution in [0.2, 0.25) is 10.0 Å². The molecule has 0 atom stereocenters. The van der Waals surface area contributed by atoms with Gasteiger partial charge in [-0.3, -0.25) is 4.98 Å². The van der Waals surface area contributed by atoms with Crippen molar-refractivity contribution in [2.45, 2.75) is 6.42 Å². The number of aromatic nitrogens is 3. The second kappa shape index (κ2) is 5.71. The van der Waals surface area contributed by atoms with Crippen molar-refractivity contribution in [3.63, 3.8) is 0 Å². The van der Waals surface area contributed by atoms with Crippen LogP contribution in [0.4, 0.5) is 5.69 Å². The Morgan fingerprint density at radius 3 is 2.43 bits per heavy atom. The van der Waals surface area contributed by atoms with Gasteiger partial charge in [0.25, 0.3) is 5.89 Å². The lowest BCUT2D eigenvalue weighted by molar-refractivity contribution is 0.424. The fraction of sp³-hybridized carbons (Fsp3) is 0.0714. The normalized spacial score (nSPS) is 10.8. The predicted octanol–water partition coefficient (Wildman–Crippen LogP) is 3.61. The first kappa shape index (κ1) is 13.9. The number of hydrogen-bond acceptors (Lipinski definition) is 5. The Morgan fingerprint density at radius 2 is 1.76 bits per heavy atom. The van der Waals surface area contributed by atoms with Crippen LogP contribution in [0.25, 0.3) is 11.5 Å². The molecule has 0 fully saturated rings. The maximum absolute atomic E-state index is 6.00. The Bertz CT molecular complexity index is 751. The summed E-state index contributed by atoms with van der Waals surface area (Å²) in [6.07, 6.45) is 3.99. The van der Waals surface area contributed by atoms with Crippen molar-refractivity contribution in [1.82, 2.24) is 15.1 Å². The summed E-state index contributed by atoms with van der Waals surface area (Å²) in [4.78, 5) is 8.29. The van der Waals surface area contributed by atoms with Gasteiger partial charge in [-0.05, 0) is 29.8 Å². The molecule has 0 aliphatic carbocycles. The van der Waals surface area contributed by atoms with E-state index in [1.165, 1.54) is 0 Å². The van der Waals surface area contributed by atoms with Crippen LogP contribution in [0.15, 0.2) is 41.2 Å². The largest absolute Gasteiger partial charge is 0.396 e. The maximum Gasteiger partial charge on any atom is 0.258 e. The molecule has 3 aromatic rings. The Morgan fingerprint density at radius 1 is 1.10 bits per heavy atom. The summed E-state index contributed by atoms with van der Waals surface area (Å²) in [5.41, 5.74) is 7.71. The van der Waals surface area contributed by atoms with Gasteiger partial charge in [-0.1, -0.05) is 28.4 Å². The summed E-state index contributed by atoms with van der Waals surface area (Å²) in [5.74, 6) is 0.920. The fourth-order valence-electron chi connectivity index (χ4n) is 1.83. The number of benzene rings is 1. The summed E-state index contributed by atoms with van der Waals surface area (Å²) < 4.78 is 5.24. The number of halogens is 2. The zero-order valence-electron chi connectivity index (χ0n) is 10.8. The SMILES string of the molecule is Nc1c(Cl)cc(-c2nc(Cc3ccncc3)no2)cc1Cl. The fourth-order valence-corrected chi connectivity index (χ4v) is 2.32. The van der Waals surface area contributed by atoms with Crippen molar-refractivity contribution in [2.75, 3.05) is 5.73 Å². The molecular formula is C14H10Cl2N4O. The molecule has 2 heterocycles. The zero-order chi connectivity index (χ0) is 14.8. The molecule has 0 aliphatic rings. The van der Waals surface area contributed by atoms with E-state index < -0.39 is 0 Å². The van der Waals surface area contributed by atoms with Gasteiger partial charge in [0.05, 0.1) is 15.7 Å². The van der Waals surface area contributed by atoms with Crippen LogP contribution < -0.4 is 5.73 Å². The van der Waals surface area contributed by atoms with E-state index in [9.17, 15) is 0 Å². The highest BCUT2D eigenvalue weighted by atomic mass is 35.5. The van der Waals surface area contributed by atoms with Crippen molar-refractivity contribution in [1.29, 1.82) is 0 Å². The second-order valence-electron chi connectivity index (χ2n) is 4.40. The summed E-state index contributed by atoms with van der Waals surface area (Å²) in [5, 5.41) is 4.65. The number of nitrogens with zero attached hydrogens (tertiary/aromatic N) is 3. The Kier molecular flexibility index (Phi) is 3.77. The molecule has 21 heavy (non-hydrogen) atoms. The Hall–Kier alpha value is -2.11. The molecule has 3 rings (SSSR count). The topological polar surface area (TPSA) is 77.8 Å². The quantitative estimate of drug-likeness (QED) is 0.746. The van der Waals surface area contributed by atoms with E-state index in [0.29, 0.717) is 39.4 Å². The van der Waals surface area contributed by atoms with E-state index >= 15 is 0 Å². The first-order valence-corrected chi connectivity index (χ1v) is 6.85. The standard InChI is InChI=1S/C14H10Cl2N4O/c15-10-6-9(7-11(16)13(10)17)14-19-12(20-21-14)5-8-1-3-18-4-2-8/h1-4,6-7H,5,17H2. The van der Waals surface area contributed by atoms with Crippen LogP contribution in [-0.4, -0.2) is 15.1 Å². The van der Waals surface area contributed by atoms with Crippen LogP contribution in [0.3, 0.4) is 0 Å². The molecule has 0 unspecified atom stereocenters. The van der Waals surface area contributed by atoms with E-state index in [0.717, 1.165) is 5.56 Å². The Balaban J connectivity index is 1.88. The lowest BCUT2D eigenvalue weighted by Crippen LogP contribution is -1.91. The van der Waals surface area contributed by atoms with Crippen LogP contribution in [0.5, 0.6) is 0 Å². The highest BCUT2D eigenvalue weighted by Gasteiger charge is 2.13. The van der Waals surface area contributed by atoms with Crippen molar-refractivity contribution < 1.29 is 4.52 Å². The van der Waals surface area contributed by atoms with Gasteiger partial charge in [-0.2, -0.15) is 4.98 Å². The highest BCUT2D eigenvalue weighted by molar-refractivity contribution is 6.39. The van der Waals surface area contributed by atoms with Crippen LogP contribution >= 0.6 is 23.2 Å². The second-order valence-corrected chi connectivity index (χ2v) is 5.22. The predicted molar refractivity (Wildman–Crippen MR) is 81.2 cm³/mol. The molecule has 1 aromatic carbocycles. The smallest absolute Gasteiger partial charge is 0.258 e. The molecule has 0 bridgehead atoms. The van der Waals surface area contributed by atoms with Gasteiger partial charge in [0.2, 0.25) is 0 Å². The van der Waals surface area contributed by atoms with Gasteiger partial charge in [0, 0.05) is 24.4 Å². The third kappa shape index (κ3) is 2.99. The first-order valence-electron chi connectivity index (χ1n) is 6.10. The average molecular weight is 321 g/mol. The van der Waals surface area contributed by atoms with Gasteiger partial charge in [-0.25, -0.2) is 0 Å². The molecule has 0 radical (unpaired) electrons. The van der Waals surface area contributed by atoms with E-state index in [4.69, 9.17) is 33.5 Å². The maximum atomic E-state index is 6.00. The molecule has 106 valence electrons. The van der Waals surface area contributed by atoms with Crippen molar-refractivity contribution >= 4 is 28.9 Å². The highest BCUT2D eigenvalue weighted by Crippen LogP contribution is 2.32. The van der Waals surface area contributed by atoms with Crippen LogP contribution in [0.1, 0.15) is 11.4 Å². The third-order valence-electron chi connectivity index (χ3n) is 2.91. The molecule has 2 N–H and O–H groups in total. The number of rotatable bonds is 3. The third-order valence-corrected chi connectivity index (χ3v) is 3.53. The van der Waals surface area contributed by atoms with E-state index in [1.54, 1.807) is 24.5 Å². The average Bonchev–Trinajstić information content (AvgIpc) is 2.94. The van der Waals surface area contributed by atoms with Crippen molar-refractivity contribution in [3.8, 4) is 11.5 Å². The van der Waals surface area contributed by atoms with Crippen LogP contribution in [0, 0.1) is 0 Å². The summed E-state index contributed by atoms with van der Waals surface area (Å²) in [7, 11) is 0. The summed E-state index contributed by atoms with van der Waals surface area (Å²) >= 11 is 12.0. The van der Waals surface area contributed by atoms with Gasteiger partial charge < -0.3 is 10.3 Å². The van der Waals surface area contributed by atoms with Crippen molar-refractivity contribution in [2.24, 2.45) is 0 Å². The monoisotopic (exact) mass is 320 g/mol. The van der Waals surface area contributed by atoms with Crippen molar-refractivity contribution in [3.05, 3.63) is 58.1 Å². The molecule has 0 amide bonds. The van der Waals surface area contributed by atoms with Crippen LogP contribution in [-0.2, 0) is 6.42 Å². The number of nitrogen functional groups attached to an aromatic ring is 1. The number of hydrogen-bond donors (Lipinski definition) is 1. The van der Waals surface area contributed by atoms with Gasteiger partial charge >= 0.3 is 0 Å². The molecule has 0 saturated carbocycles. The lowest BCUT2D eigenvalue weighted by Gasteiger charge is -2.02. The Labute approximate surface area is 130 Å². The van der Waals surface area contributed by atoms with Gasteiger partial charge in [0.15, 0.2) is 5.82 Å². The molecule has 7 heteroatoms. The molecule has 0 aliphatic heterocycles. The molecular weight excluding hydrogens is 311 g/mol. The summed E-state index contributed by atoms with van der Waals surface area (Å²) in [6.45, 7) is 0. The molecule has 0 spiro atoms. The molecule has 0 saturated heterocycles. The minimum atomic E-state index is 0.332. The van der Waals surface area contributed by atoms with E-state index in [1.807, 2.05) is 12.1 Å². The molecule has 5 nitrogen and oxygen atoms in total. The number of nitrogens with two attached hydrogens (primary N) is 1. The number of anilines is 1. The minimum absolute atomic E-state index is 0.332. The molecule has 2 aromatic heterocycles. The van der Waals surface area contributed by atoms with Gasteiger partial charge in [0.1, 0.15) is 0 Å². The summed E-state index contributed by atoms with van der Waals surface area (Å²) in [6, 6.07) is 7.08. The zero-order valence-corrected chi connectivity index (χ0v) is 12.3.